The molecule has 0 radical (unpaired) electrons. The van der Waals surface area contributed by atoms with E-state index in [1.54, 1.807) is 0 Å². The zero-order chi connectivity index (χ0) is 14.1. The molecule has 0 heterocycles. The first-order valence-corrected chi connectivity index (χ1v) is 6.70. The van der Waals surface area contributed by atoms with E-state index in [2.05, 4.69) is 10.6 Å². The molecule has 0 unspecified atom stereocenters. The van der Waals surface area contributed by atoms with Crippen molar-refractivity contribution >= 4 is 11.8 Å². The number of hydrogen-bond acceptors (Lipinski definition) is 2. The van der Waals surface area contributed by atoms with E-state index >= 15 is 0 Å². The van der Waals surface area contributed by atoms with Crippen molar-refractivity contribution in [2.24, 2.45) is 0 Å². The summed E-state index contributed by atoms with van der Waals surface area (Å²) >= 11 is 0. The van der Waals surface area contributed by atoms with Crippen molar-refractivity contribution in [2.75, 3.05) is 6.54 Å². The van der Waals surface area contributed by atoms with E-state index in [1.165, 1.54) is 5.56 Å². The molecular formula is C15H22N2O2. The molecule has 0 bridgehead atoms. The predicted octanol–water partition coefficient (Wildman–Crippen LogP) is 1.92. The molecule has 1 aromatic rings. The summed E-state index contributed by atoms with van der Waals surface area (Å²) in [6.45, 7) is 4.58. The Morgan fingerprint density at radius 2 is 1.95 bits per heavy atom. The molecule has 2 amide bonds. The van der Waals surface area contributed by atoms with E-state index in [0.717, 1.165) is 18.4 Å². The normalized spacial score (nSPS) is 10.0. The fourth-order valence-electron chi connectivity index (χ4n) is 1.69. The fraction of sp³-hybridized carbons (Fsp3) is 0.467. The Labute approximate surface area is 114 Å². The summed E-state index contributed by atoms with van der Waals surface area (Å²) in [5.74, 6) is -0.223. The number of rotatable bonds is 7. The summed E-state index contributed by atoms with van der Waals surface area (Å²) in [4.78, 5) is 22.9. The lowest BCUT2D eigenvalue weighted by Crippen LogP contribution is -2.36. The maximum Gasteiger partial charge on any atom is 0.239 e. The first-order chi connectivity index (χ1) is 9.11. The number of carbonyl (C=O) groups is 2. The standard InChI is InChI=1S/C15H22N2O2/c1-3-4-8-14(18)17-11-15(19)16-10-13-7-5-6-12(2)9-13/h5-7,9H,3-4,8,10-11H2,1-2H3,(H,16,19)(H,17,18). The number of amides is 2. The van der Waals surface area contributed by atoms with Gasteiger partial charge in [0.15, 0.2) is 0 Å². The first kappa shape index (κ1) is 15.2. The topological polar surface area (TPSA) is 58.2 Å². The maximum absolute atomic E-state index is 11.6. The van der Waals surface area contributed by atoms with Gasteiger partial charge in [-0.05, 0) is 18.9 Å². The molecule has 0 fully saturated rings. The summed E-state index contributed by atoms with van der Waals surface area (Å²) in [6.07, 6.45) is 2.32. The summed E-state index contributed by atoms with van der Waals surface area (Å²) in [6, 6.07) is 7.97. The van der Waals surface area contributed by atoms with Crippen LogP contribution in [0.3, 0.4) is 0 Å². The van der Waals surface area contributed by atoms with Gasteiger partial charge in [0.1, 0.15) is 0 Å². The number of hydrogen-bond donors (Lipinski definition) is 2. The van der Waals surface area contributed by atoms with Crippen molar-refractivity contribution < 1.29 is 9.59 Å². The lowest BCUT2D eigenvalue weighted by molar-refractivity contribution is -0.126. The Balaban J connectivity index is 2.23. The third-order valence-electron chi connectivity index (χ3n) is 2.78. The van der Waals surface area contributed by atoms with Crippen LogP contribution in [0.2, 0.25) is 0 Å². The molecule has 1 aromatic carbocycles. The van der Waals surface area contributed by atoms with Gasteiger partial charge in [0.25, 0.3) is 0 Å². The van der Waals surface area contributed by atoms with Gasteiger partial charge in [-0.15, -0.1) is 0 Å². The molecule has 1 rings (SSSR count). The van der Waals surface area contributed by atoms with Crippen LogP contribution < -0.4 is 10.6 Å². The minimum atomic E-state index is -0.161. The van der Waals surface area contributed by atoms with E-state index in [0.29, 0.717) is 13.0 Å². The predicted molar refractivity (Wildman–Crippen MR) is 75.6 cm³/mol. The Kier molecular flexibility index (Phi) is 6.64. The van der Waals surface area contributed by atoms with Crippen LogP contribution in [0.25, 0.3) is 0 Å². The van der Waals surface area contributed by atoms with E-state index in [9.17, 15) is 9.59 Å². The maximum atomic E-state index is 11.6. The molecule has 19 heavy (non-hydrogen) atoms. The van der Waals surface area contributed by atoms with Crippen LogP contribution in [0, 0.1) is 6.92 Å². The molecule has 4 nitrogen and oxygen atoms in total. The summed E-state index contributed by atoms with van der Waals surface area (Å²) in [5.41, 5.74) is 2.23. The number of carbonyl (C=O) groups excluding carboxylic acids is 2. The van der Waals surface area contributed by atoms with Crippen molar-refractivity contribution in [3.8, 4) is 0 Å². The van der Waals surface area contributed by atoms with E-state index in [1.807, 2.05) is 38.1 Å². The minimum absolute atomic E-state index is 0.0500. The SMILES string of the molecule is CCCCC(=O)NCC(=O)NCc1cccc(C)c1. The van der Waals surface area contributed by atoms with E-state index in [-0.39, 0.29) is 18.4 Å². The molecular weight excluding hydrogens is 240 g/mol. The van der Waals surface area contributed by atoms with Gasteiger partial charge in [-0.2, -0.15) is 0 Å². The Morgan fingerprint density at radius 3 is 2.63 bits per heavy atom. The van der Waals surface area contributed by atoms with Gasteiger partial charge in [0.05, 0.1) is 6.54 Å². The lowest BCUT2D eigenvalue weighted by atomic mass is 10.1. The van der Waals surface area contributed by atoms with Crippen LogP contribution in [0.4, 0.5) is 0 Å². The Morgan fingerprint density at radius 1 is 1.16 bits per heavy atom. The lowest BCUT2D eigenvalue weighted by Gasteiger charge is -2.07. The quantitative estimate of drug-likeness (QED) is 0.788. The number of unbranched alkanes of at least 4 members (excludes halogenated alkanes) is 1. The number of benzene rings is 1. The van der Waals surface area contributed by atoms with Gasteiger partial charge in [-0.3, -0.25) is 9.59 Å². The van der Waals surface area contributed by atoms with Crippen LogP contribution in [0.15, 0.2) is 24.3 Å². The van der Waals surface area contributed by atoms with E-state index in [4.69, 9.17) is 0 Å². The highest BCUT2D eigenvalue weighted by atomic mass is 16.2. The Hall–Kier alpha value is -1.84. The molecule has 0 aliphatic rings. The van der Waals surface area contributed by atoms with Crippen molar-refractivity contribution in [1.82, 2.24) is 10.6 Å². The second kappa shape index (κ2) is 8.29. The van der Waals surface area contributed by atoms with E-state index < -0.39 is 0 Å². The molecule has 0 saturated carbocycles. The van der Waals surface area contributed by atoms with Gasteiger partial charge in [0.2, 0.25) is 11.8 Å². The van der Waals surface area contributed by atoms with Crippen molar-refractivity contribution in [3.63, 3.8) is 0 Å². The van der Waals surface area contributed by atoms with Gasteiger partial charge in [-0.25, -0.2) is 0 Å². The summed E-state index contributed by atoms with van der Waals surface area (Å²) in [7, 11) is 0. The Bertz CT molecular complexity index is 430. The molecule has 2 N–H and O–H groups in total. The highest BCUT2D eigenvalue weighted by Gasteiger charge is 2.04. The van der Waals surface area contributed by atoms with Crippen LogP contribution in [-0.4, -0.2) is 18.4 Å². The fourth-order valence-corrected chi connectivity index (χ4v) is 1.69. The monoisotopic (exact) mass is 262 g/mol. The molecule has 104 valence electrons. The molecule has 0 saturated heterocycles. The summed E-state index contributed by atoms with van der Waals surface area (Å²) in [5, 5.41) is 5.40. The third-order valence-corrected chi connectivity index (χ3v) is 2.78. The first-order valence-electron chi connectivity index (χ1n) is 6.70. The second-order valence-corrected chi connectivity index (χ2v) is 4.65. The van der Waals surface area contributed by atoms with Gasteiger partial charge < -0.3 is 10.6 Å². The van der Waals surface area contributed by atoms with Gasteiger partial charge in [-0.1, -0.05) is 43.2 Å². The number of nitrogens with one attached hydrogen (secondary N) is 2. The number of aryl methyl sites for hydroxylation is 1. The van der Waals surface area contributed by atoms with Crippen molar-refractivity contribution in [2.45, 2.75) is 39.7 Å². The van der Waals surface area contributed by atoms with Crippen LogP contribution in [0.5, 0.6) is 0 Å². The zero-order valence-corrected chi connectivity index (χ0v) is 11.7. The molecule has 0 aromatic heterocycles. The van der Waals surface area contributed by atoms with Crippen LogP contribution in [0.1, 0.15) is 37.3 Å². The highest BCUT2D eigenvalue weighted by Crippen LogP contribution is 2.02. The summed E-state index contributed by atoms with van der Waals surface area (Å²) < 4.78 is 0. The average Bonchev–Trinajstić information content (AvgIpc) is 2.40. The van der Waals surface area contributed by atoms with Gasteiger partial charge >= 0.3 is 0 Å². The molecule has 0 atom stereocenters. The van der Waals surface area contributed by atoms with Crippen LogP contribution >= 0.6 is 0 Å². The molecule has 0 spiro atoms. The smallest absolute Gasteiger partial charge is 0.239 e. The highest BCUT2D eigenvalue weighted by molar-refractivity contribution is 5.84. The average molecular weight is 262 g/mol. The van der Waals surface area contributed by atoms with Crippen molar-refractivity contribution in [3.05, 3.63) is 35.4 Å². The molecule has 0 aliphatic carbocycles. The van der Waals surface area contributed by atoms with Gasteiger partial charge in [0, 0.05) is 13.0 Å². The van der Waals surface area contributed by atoms with Crippen molar-refractivity contribution in [1.29, 1.82) is 0 Å². The third kappa shape index (κ3) is 6.60. The van der Waals surface area contributed by atoms with Crippen LogP contribution in [-0.2, 0) is 16.1 Å². The second-order valence-electron chi connectivity index (χ2n) is 4.65. The zero-order valence-electron chi connectivity index (χ0n) is 11.7. The largest absolute Gasteiger partial charge is 0.350 e. The molecule has 0 aliphatic heterocycles. The minimum Gasteiger partial charge on any atom is -0.350 e. The molecule has 4 heteroatoms.